The molecule has 0 aliphatic carbocycles. The third kappa shape index (κ3) is 7.93. The van der Waals surface area contributed by atoms with Gasteiger partial charge in [0.1, 0.15) is 0 Å². The molecule has 0 aliphatic heterocycles. The lowest BCUT2D eigenvalue weighted by atomic mass is 10.2. The zero-order valence-electron chi connectivity index (χ0n) is 14.2. The van der Waals surface area contributed by atoms with Crippen LogP contribution in [0.3, 0.4) is 0 Å². The van der Waals surface area contributed by atoms with Crippen LogP contribution >= 0.6 is 11.6 Å². The summed E-state index contributed by atoms with van der Waals surface area (Å²) < 4.78 is 11.8. The molecule has 0 radical (unpaired) electrons. The van der Waals surface area contributed by atoms with E-state index < -0.39 is 0 Å². The molecule has 0 bridgehead atoms. The Bertz CT molecular complexity index is 393. The summed E-state index contributed by atoms with van der Waals surface area (Å²) in [6, 6.07) is 6.01. The van der Waals surface area contributed by atoms with Crippen molar-refractivity contribution in [3.05, 3.63) is 23.8 Å². The van der Waals surface area contributed by atoms with Crippen LogP contribution in [-0.2, 0) is 5.88 Å². The number of rotatable bonds is 13. The van der Waals surface area contributed by atoms with Crippen LogP contribution in [0.5, 0.6) is 11.5 Å². The maximum Gasteiger partial charge on any atom is 0.161 e. The summed E-state index contributed by atoms with van der Waals surface area (Å²) in [6.45, 7) is 5.94. The van der Waals surface area contributed by atoms with Gasteiger partial charge in [-0.15, -0.1) is 11.6 Å². The van der Waals surface area contributed by atoms with Crippen molar-refractivity contribution in [1.82, 2.24) is 0 Å². The Morgan fingerprint density at radius 2 is 1.36 bits per heavy atom. The minimum atomic E-state index is 0.503. The van der Waals surface area contributed by atoms with E-state index in [2.05, 4.69) is 13.8 Å². The first-order valence-electron chi connectivity index (χ1n) is 8.76. The van der Waals surface area contributed by atoms with Crippen LogP contribution in [0.1, 0.15) is 70.8 Å². The summed E-state index contributed by atoms with van der Waals surface area (Å²) in [5.41, 5.74) is 1.07. The van der Waals surface area contributed by atoms with E-state index in [0.29, 0.717) is 5.88 Å². The SMILES string of the molecule is CCCCCCOc1ccc(CCl)cc1OCCCCCC. The Hall–Kier alpha value is -0.890. The quantitative estimate of drug-likeness (QED) is 0.311. The zero-order chi connectivity index (χ0) is 16.0. The van der Waals surface area contributed by atoms with Crippen LogP contribution in [0.2, 0.25) is 0 Å². The van der Waals surface area contributed by atoms with E-state index in [4.69, 9.17) is 21.1 Å². The summed E-state index contributed by atoms with van der Waals surface area (Å²) in [7, 11) is 0. The standard InChI is InChI=1S/C19H31ClO2/c1-3-5-7-9-13-21-18-12-11-17(16-20)15-19(18)22-14-10-8-6-4-2/h11-12,15H,3-10,13-14,16H2,1-2H3. The second kappa shape index (κ2) is 12.6. The molecule has 0 N–H and O–H groups in total. The molecular weight excluding hydrogens is 296 g/mol. The van der Waals surface area contributed by atoms with Gasteiger partial charge in [0.25, 0.3) is 0 Å². The third-order valence-electron chi connectivity index (χ3n) is 3.67. The third-order valence-corrected chi connectivity index (χ3v) is 3.98. The molecule has 0 spiro atoms. The summed E-state index contributed by atoms with van der Waals surface area (Å²) in [5.74, 6) is 2.19. The van der Waals surface area contributed by atoms with E-state index in [0.717, 1.165) is 43.1 Å². The van der Waals surface area contributed by atoms with Gasteiger partial charge in [-0.25, -0.2) is 0 Å². The Balaban J connectivity index is 2.47. The monoisotopic (exact) mass is 326 g/mol. The van der Waals surface area contributed by atoms with Gasteiger partial charge in [0.05, 0.1) is 13.2 Å². The van der Waals surface area contributed by atoms with Crippen LogP contribution in [0.25, 0.3) is 0 Å². The van der Waals surface area contributed by atoms with Crippen molar-refractivity contribution in [1.29, 1.82) is 0 Å². The summed E-state index contributed by atoms with van der Waals surface area (Å²) >= 11 is 5.92. The van der Waals surface area contributed by atoms with Gasteiger partial charge in [-0.3, -0.25) is 0 Å². The molecule has 1 aromatic rings. The highest BCUT2D eigenvalue weighted by molar-refractivity contribution is 6.17. The van der Waals surface area contributed by atoms with Gasteiger partial charge in [0.15, 0.2) is 11.5 Å². The van der Waals surface area contributed by atoms with Crippen LogP contribution in [0, 0.1) is 0 Å². The van der Waals surface area contributed by atoms with Crippen molar-refractivity contribution >= 4 is 11.6 Å². The molecule has 1 rings (SSSR count). The van der Waals surface area contributed by atoms with Gasteiger partial charge in [0, 0.05) is 5.88 Å². The number of hydrogen-bond acceptors (Lipinski definition) is 2. The Labute approximate surface area is 141 Å². The van der Waals surface area contributed by atoms with Gasteiger partial charge in [-0.05, 0) is 30.5 Å². The predicted molar refractivity (Wildman–Crippen MR) is 95.3 cm³/mol. The number of benzene rings is 1. The first-order valence-corrected chi connectivity index (χ1v) is 9.29. The number of hydrogen-bond donors (Lipinski definition) is 0. The van der Waals surface area contributed by atoms with Crippen molar-refractivity contribution in [3.8, 4) is 11.5 Å². The molecule has 0 unspecified atom stereocenters. The van der Waals surface area contributed by atoms with Crippen molar-refractivity contribution in [2.45, 2.75) is 71.1 Å². The maximum absolute atomic E-state index is 5.92. The molecule has 3 heteroatoms. The second-order valence-corrected chi connectivity index (χ2v) is 6.00. The van der Waals surface area contributed by atoms with E-state index in [1.807, 2.05) is 18.2 Å². The van der Waals surface area contributed by atoms with Gasteiger partial charge in [-0.2, -0.15) is 0 Å². The fourth-order valence-corrected chi connectivity index (χ4v) is 2.46. The fourth-order valence-electron chi connectivity index (χ4n) is 2.29. The van der Waals surface area contributed by atoms with E-state index >= 15 is 0 Å². The molecule has 0 aromatic heterocycles. The van der Waals surface area contributed by atoms with Crippen molar-refractivity contribution in [3.63, 3.8) is 0 Å². The normalized spacial score (nSPS) is 10.7. The molecule has 0 saturated heterocycles. The highest BCUT2D eigenvalue weighted by Crippen LogP contribution is 2.29. The van der Waals surface area contributed by atoms with Gasteiger partial charge < -0.3 is 9.47 Å². The van der Waals surface area contributed by atoms with Crippen molar-refractivity contribution < 1.29 is 9.47 Å². The largest absolute Gasteiger partial charge is 0.490 e. The van der Waals surface area contributed by atoms with E-state index in [1.54, 1.807) is 0 Å². The number of halogens is 1. The molecule has 2 nitrogen and oxygen atoms in total. The summed E-state index contributed by atoms with van der Waals surface area (Å²) in [5, 5.41) is 0. The minimum Gasteiger partial charge on any atom is -0.490 e. The Kier molecular flexibility index (Phi) is 11.0. The van der Waals surface area contributed by atoms with Crippen LogP contribution in [0.15, 0.2) is 18.2 Å². The zero-order valence-corrected chi connectivity index (χ0v) is 15.0. The first kappa shape index (κ1) is 19.2. The van der Waals surface area contributed by atoms with Crippen LogP contribution < -0.4 is 9.47 Å². The molecule has 0 atom stereocenters. The van der Waals surface area contributed by atoms with E-state index in [1.165, 1.54) is 38.5 Å². The number of unbranched alkanes of at least 4 members (excludes halogenated alkanes) is 6. The average molecular weight is 327 g/mol. The molecule has 0 aliphatic rings. The molecule has 0 fully saturated rings. The second-order valence-electron chi connectivity index (χ2n) is 5.73. The smallest absolute Gasteiger partial charge is 0.161 e. The van der Waals surface area contributed by atoms with Crippen LogP contribution in [-0.4, -0.2) is 13.2 Å². The Morgan fingerprint density at radius 1 is 0.773 bits per heavy atom. The fraction of sp³-hybridized carbons (Fsp3) is 0.684. The highest BCUT2D eigenvalue weighted by atomic mass is 35.5. The first-order chi connectivity index (χ1) is 10.8. The number of alkyl halides is 1. The lowest BCUT2D eigenvalue weighted by Crippen LogP contribution is -2.03. The van der Waals surface area contributed by atoms with E-state index in [-0.39, 0.29) is 0 Å². The van der Waals surface area contributed by atoms with Crippen molar-refractivity contribution in [2.24, 2.45) is 0 Å². The topological polar surface area (TPSA) is 18.5 Å². The Morgan fingerprint density at radius 3 is 1.91 bits per heavy atom. The lowest BCUT2D eigenvalue weighted by molar-refractivity contribution is 0.258. The summed E-state index contributed by atoms with van der Waals surface area (Å²) in [6.07, 6.45) is 9.67. The van der Waals surface area contributed by atoms with Crippen LogP contribution in [0.4, 0.5) is 0 Å². The van der Waals surface area contributed by atoms with Crippen molar-refractivity contribution in [2.75, 3.05) is 13.2 Å². The average Bonchev–Trinajstić information content (AvgIpc) is 2.55. The maximum atomic E-state index is 5.92. The van der Waals surface area contributed by atoms with E-state index in [9.17, 15) is 0 Å². The highest BCUT2D eigenvalue weighted by Gasteiger charge is 2.07. The molecule has 22 heavy (non-hydrogen) atoms. The molecule has 0 saturated carbocycles. The predicted octanol–water partition coefficient (Wildman–Crippen LogP) is 6.34. The molecular formula is C19H31ClO2. The van der Waals surface area contributed by atoms with Gasteiger partial charge >= 0.3 is 0 Å². The molecule has 0 heterocycles. The summed E-state index contributed by atoms with van der Waals surface area (Å²) in [4.78, 5) is 0. The molecule has 126 valence electrons. The molecule has 1 aromatic carbocycles. The minimum absolute atomic E-state index is 0.503. The van der Waals surface area contributed by atoms with Gasteiger partial charge in [-0.1, -0.05) is 58.4 Å². The van der Waals surface area contributed by atoms with Gasteiger partial charge in [0.2, 0.25) is 0 Å². The lowest BCUT2D eigenvalue weighted by Gasteiger charge is -2.14. The number of ether oxygens (including phenoxy) is 2. The molecule has 0 amide bonds.